The molecule has 2 atom stereocenters. The number of sulfone groups is 1. The van der Waals surface area contributed by atoms with Gasteiger partial charge in [-0.25, -0.2) is 8.42 Å². The van der Waals surface area contributed by atoms with E-state index in [0.717, 1.165) is 18.4 Å². The molecular formula is C18H27NO3S. The van der Waals surface area contributed by atoms with Crippen LogP contribution in [0.2, 0.25) is 0 Å². The van der Waals surface area contributed by atoms with Crippen LogP contribution in [0.4, 0.5) is 0 Å². The van der Waals surface area contributed by atoms with E-state index in [1.165, 1.54) is 0 Å². The highest BCUT2D eigenvalue weighted by Crippen LogP contribution is 2.24. The highest BCUT2D eigenvalue weighted by molar-refractivity contribution is 7.91. The van der Waals surface area contributed by atoms with Gasteiger partial charge in [-0.15, -0.1) is 0 Å². The average molecular weight is 337 g/mol. The molecule has 1 fully saturated rings. The van der Waals surface area contributed by atoms with Gasteiger partial charge in [-0.2, -0.15) is 0 Å². The van der Waals surface area contributed by atoms with Crippen molar-refractivity contribution in [3.05, 3.63) is 35.9 Å². The van der Waals surface area contributed by atoms with Gasteiger partial charge >= 0.3 is 0 Å². The largest absolute Gasteiger partial charge is 0.339 e. The highest BCUT2D eigenvalue weighted by Gasteiger charge is 2.34. The van der Waals surface area contributed by atoms with E-state index in [9.17, 15) is 13.2 Å². The lowest BCUT2D eigenvalue weighted by atomic mass is 9.97. The van der Waals surface area contributed by atoms with Crippen molar-refractivity contribution in [2.45, 2.75) is 51.5 Å². The Balaban J connectivity index is 2.04. The van der Waals surface area contributed by atoms with Crippen LogP contribution >= 0.6 is 0 Å². The van der Waals surface area contributed by atoms with E-state index in [-0.39, 0.29) is 29.4 Å². The second kappa shape index (κ2) is 7.95. The van der Waals surface area contributed by atoms with E-state index in [0.29, 0.717) is 19.4 Å². The first-order valence-electron chi connectivity index (χ1n) is 8.47. The van der Waals surface area contributed by atoms with Crippen LogP contribution in [0.15, 0.2) is 30.3 Å². The summed E-state index contributed by atoms with van der Waals surface area (Å²) in [7, 11) is -2.97. The molecule has 0 radical (unpaired) electrons. The average Bonchev–Trinajstić information content (AvgIpc) is 2.88. The highest BCUT2D eigenvalue weighted by atomic mass is 32.2. The van der Waals surface area contributed by atoms with Gasteiger partial charge in [0, 0.05) is 19.0 Å². The molecule has 1 saturated heterocycles. The van der Waals surface area contributed by atoms with Crippen molar-refractivity contribution in [1.29, 1.82) is 0 Å². The van der Waals surface area contributed by atoms with E-state index in [1.807, 2.05) is 35.2 Å². The molecule has 1 aliphatic rings. The van der Waals surface area contributed by atoms with Crippen molar-refractivity contribution in [2.24, 2.45) is 0 Å². The van der Waals surface area contributed by atoms with Gasteiger partial charge in [0.2, 0.25) is 5.91 Å². The van der Waals surface area contributed by atoms with Gasteiger partial charge in [0.05, 0.1) is 11.5 Å². The van der Waals surface area contributed by atoms with E-state index in [2.05, 4.69) is 13.8 Å². The third-order valence-electron chi connectivity index (χ3n) is 4.57. The Labute approximate surface area is 139 Å². The number of carbonyl (C=O) groups excluding carboxylic acids is 1. The fraction of sp³-hybridized carbons (Fsp3) is 0.611. The number of unbranched alkanes of at least 4 members (excludes halogenated alkanes) is 1. The summed E-state index contributed by atoms with van der Waals surface area (Å²) < 4.78 is 23.5. The third kappa shape index (κ3) is 5.06. The zero-order valence-electron chi connectivity index (χ0n) is 14.1. The maximum Gasteiger partial charge on any atom is 0.223 e. The van der Waals surface area contributed by atoms with Crippen LogP contribution in [0.5, 0.6) is 0 Å². The Morgan fingerprint density at radius 2 is 2.00 bits per heavy atom. The van der Waals surface area contributed by atoms with Gasteiger partial charge < -0.3 is 4.90 Å². The molecule has 2 rings (SSSR count). The smallest absolute Gasteiger partial charge is 0.223 e. The zero-order chi connectivity index (χ0) is 16.9. The van der Waals surface area contributed by atoms with Crippen LogP contribution in [0, 0.1) is 0 Å². The van der Waals surface area contributed by atoms with Crippen LogP contribution in [-0.2, 0) is 14.6 Å². The zero-order valence-corrected chi connectivity index (χ0v) is 14.9. The van der Waals surface area contributed by atoms with Crippen LogP contribution in [0.1, 0.15) is 51.0 Å². The molecule has 1 aromatic carbocycles. The normalized spacial score (nSPS) is 21.0. The minimum atomic E-state index is -2.97. The standard InChI is InChI=1S/C18H27NO3S/c1-3-4-11-19(17-10-12-23(21,22)14-17)18(20)13-15(2)16-8-6-5-7-9-16/h5-9,15,17H,3-4,10-14H2,1-2H3. The molecule has 1 heterocycles. The van der Waals surface area contributed by atoms with Gasteiger partial charge in [0.1, 0.15) is 0 Å². The molecule has 2 unspecified atom stereocenters. The molecule has 1 aliphatic heterocycles. The van der Waals surface area contributed by atoms with Crippen LogP contribution in [0.25, 0.3) is 0 Å². The Hall–Kier alpha value is -1.36. The number of nitrogens with zero attached hydrogens (tertiary/aromatic N) is 1. The molecular weight excluding hydrogens is 310 g/mol. The molecule has 128 valence electrons. The van der Waals surface area contributed by atoms with E-state index >= 15 is 0 Å². The molecule has 0 spiro atoms. The minimum absolute atomic E-state index is 0.0805. The van der Waals surface area contributed by atoms with Gasteiger partial charge in [-0.3, -0.25) is 4.79 Å². The molecule has 23 heavy (non-hydrogen) atoms. The van der Waals surface area contributed by atoms with Crippen molar-refractivity contribution in [3.63, 3.8) is 0 Å². The van der Waals surface area contributed by atoms with E-state index < -0.39 is 9.84 Å². The van der Waals surface area contributed by atoms with Gasteiger partial charge in [0.15, 0.2) is 9.84 Å². The van der Waals surface area contributed by atoms with Gasteiger partial charge in [-0.1, -0.05) is 50.6 Å². The molecule has 0 saturated carbocycles. The van der Waals surface area contributed by atoms with Crippen molar-refractivity contribution in [3.8, 4) is 0 Å². The van der Waals surface area contributed by atoms with Gasteiger partial charge in [-0.05, 0) is 24.3 Å². The summed E-state index contributed by atoms with van der Waals surface area (Å²) >= 11 is 0. The quantitative estimate of drug-likeness (QED) is 0.768. The molecule has 0 aliphatic carbocycles. The number of carbonyl (C=O) groups is 1. The second-order valence-corrected chi connectivity index (χ2v) is 8.74. The lowest BCUT2D eigenvalue weighted by molar-refractivity contribution is -0.133. The first-order chi connectivity index (χ1) is 10.9. The number of rotatable bonds is 7. The maximum absolute atomic E-state index is 12.8. The lowest BCUT2D eigenvalue weighted by Gasteiger charge is -2.29. The summed E-state index contributed by atoms with van der Waals surface area (Å²) in [5, 5.41) is 0. The summed E-state index contributed by atoms with van der Waals surface area (Å²) in [5.74, 6) is 0.562. The molecule has 1 amide bonds. The lowest BCUT2D eigenvalue weighted by Crippen LogP contribution is -2.42. The monoisotopic (exact) mass is 337 g/mol. The van der Waals surface area contributed by atoms with Crippen molar-refractivity contribution < 1.29 is 13.2 Å². The fourth-order valence-electron chi connectivity index (χ4n) is 3.14. The van der Waals surface area contributed by atoms with E-state index in [4.69, 9.17) is 0 Å². The summed E-state index contributed by atoms with van der Waals surface area (Å²) in [6, 6.07) is 9.86. The molecule has 0 bridgehead atoms. The van der Waals surface area contributed by atoms with E-state index in [1.54, 1.807) is 0 Å². The summed E-state index contributed by atoms with van der Waals surface area (Å²) in [6.07, 6.45) is 2.93. The Kier molecular flexibility index (Phi) is 6.22. The Bertz CT molecular complexity index is 612. The maximum atomic E-state index is 12.8. The fourth-order valence-corrected chi connectivity index (χ4v) is 4.87. The van der Waals surface area contributed by atoms with Crippen LogP contribution < -0.4 is 0 Å². The molecule has 0 aromatic heterocycles. The number of hydrogen-bond donors (Lipinski definition) is 0. The summed E-state index contributed by atoms with van der Waals surface area (Å²) in [6.45, 7) is 4.80. The molecule has 4 nitrogen and oxygen atoms in total. The van der Waals surface area contributed by atoms with Crippen LogP contribution in [-0.4, -0.2) is 43.3 Å². The van der Waals surface area contributed by atoms with Crippen molar-refractivity contribution in [2.75, 3.05) is 18.1 Å². The third-order valence-corrected chi connectivity index (χ3v) is 6.32. The Morgan fingerprint density at radius 1 is 1.30 bits per heavy atom. The SMILES string of the molecule is CCCCN(C(=O)CC(C)c1ccccc1)C1CCS(=O)(=O)C1. The van der Waals surface area contributed by atoms with Crippen LogP contribution in [0.3, 0.4) is 0 Å². The summed E-state index contributed by atoms with van der Waals surface area (Å²) in [5.41, 5.74) is 1.15. The molecule has 0 N–H and O–H groups in total. The predicted molar refractivity (Wildman–Crippen MR) is 93.2 cm³/mol. The number of hydrogen-bond acceptors (Lipinski definition) is 3. The minimum Gasteiger partial charge on any atom is -0.339 e. The first kappa shape index (κ1) is 18.0. The van der Waals surface area contributed by atoms with Crippen molar-refractivity contribution >= 4 is 15.7 Å². The molecule has 1 aromatic rings. The second-order valence-electron chi connectivity index (χ2n) is 6.51. The topological polar surface area (TPSA) is 54.5 Å². The number of amides is 1. The predicted octanol–water partition coefficient (Wildman–Crippen LogP) is 3.00. The van der Waals surface area contributed by atoms with Gasteiger partial charge in [0.25, 0.3) is 0 Å². The number of benzene rings is 1. The van der Waals surface area contributed by atoms with Crippen molar-refractivity contribution in [1.82, 2.24) is 4.90 Å². The summed E-state index contributed by atoms with van der Waals surface area (Å²) in [4.78, 5) is 14.6. The molecule has 5 heteroatoms. The Morgan fingerprint density at radius 3 is 2.57 bits per heavy atom. The first-order valence-corrected chi connectivity index (χ1v) is 10.3.